The van der Waals surface area contributed by atoms with Gasteiger partial charge in [-0.2, -0.15) is 11.3 Å². The summed E-state index contributed by atoms with van der Waals surface area (Å²) in [5, 5.41) is -0.0166. The normalized spacial score (nSPS) is 14.6. The van der Waals surface area contributed by atoms with Gasteiger partial charge in [0.2, 0.25) is 0 Å². The van der Waals surface area contributed by atoms with E-state index in [4.69, 9.17) is 4.11 Å². The van der Waals surface area contributed by atoms with Crippen molar-refractivity contribution in [3.8, 4) is 0 Å². The van der Waals surface area contributed by atoms with E-state index >= 15 is 0 Å². The van der Waals surface area contributed by atoms with Crippen LogP contribution in [0.5, 0.6) is 0 Å². The van der Waals surface area contributed by atoms with Crippen LogP contribution < -0.4 is 0 Å². The molecule has 0 amide bonds. The summed E-state index contributed by atoms with van der Waals surface area (Å²) in [6.45, 7) is 0. The van der Waals surface area contributed by atoms with Gasteiger partial charge in [-0.15, -0.1) is 0 Å². The van der Waals surface area contributed by atoms with Crippen LogP contribution >= 0.6 is 11.3 Å². The van der Waals surface area contributed by atoms with Gasteiger partial charge in [0.05, 0.1) is 4.11 Å². The fraction of sp³-hybridized carbons (Fsp3) is 0. The molecular weight excluding hydrogens is 108 g/mol. The molecule has 1 heterocycles. The molecule has 36 valence electrons. The molecule has 0 spiro atoms. The molecule has 7 heavy (non-hydrogen) atoms. The first-order chi connectivity index (χ1) is 4.66. The molecule has 0 saturated carbocycles. The van der Waals surface area contributed by atoms with Crippen LogP contribution in [0.25, 0.3) is 0 Å². The summed E-state index contributed by atoms with van der Waals surface area (Å²) in [5.74, 6) is 0. The van der Waals surface area contributed by atoms with Gasteiger partial charge in [0.15, 0.2) is 6.29 Å². The quantitative estimate of drug-likeness (QED) is 0.507. The van der Waals surface area contributed by atoms with Crippen LogP contribution in [0.3, 0.4) is 0 Å². The standard InChI is InChI=1S/C5H4OS/c6-3-5-1-2-7-4-5/h1-4H/i1D,2D,4D. The maximum Gasteiger partial charge on any atom is 0.150 e. The van der Waals surface area contributed by atoms with Crippen molar-refractivity contribution in [2.75, 3.05) is 0 Å². The summed E-state index contributed by atoms with van der Waals surface area (Å²) < 4.78 is 21.2. The predicted molar refractivity (Wildman–Crippen MR) is 29.7 cm³/mol. The first-order valence-corrected chi connectivity index (χ1v) is 2.50. The highest BCUT2D eigenvalue weighted by Gasteiger charge is 1.82. The van der Waals surface area contributed by atoms with Gasteiger partial charge >= 0.3 is 0 Å². The zero-order valence-corrected chi connectivity index (χ0v) is 4.21. The van der Waals surface area contributed by atoms with E-state index in [1.54, 1.807) is 0 Å². The number of rotatable bonds is 1. The number of aldehydes is 1. The predicted octanol–water partition coefficient (Wildman–Crippen LogP) is 1.56. The van der Waals surface area contributed by atoms with Crippen molar-refractivity contribution in [1.82, 2.24) is 0 Å². The lowest BCUT2D eigenvalue weighted by Crippen LogP contribution is -1.64. The van der Waals surface area contributed by atoms with E-state index in [2.05, 4.69) is 0 Å². The Hall–Kier alpha value is -0.630. The largest absolute Gasteiger partial charge is 0.298 e. The Labute approximate surface area is 49.8 Å². The van der Waals surface area contributed by atoms with Crippen molar-refractivity contribution in [2.24, 2.45) is 0 Å². The molecule has 1 rings (SSSR count). The van der Waals surface area contributed by atoms with Crippen molar-refractivity contribution >= 4 is 17.6 Å². The van der Waals surface area contributed by atoms with E-state index in [1.807, 2.05) is 0 Å². The third-order valence-electron chi connectivity index (χ3n) is 0.516. The fourth-order valence-electron chi connectivity index (χ4n) is 0.240. The minimum absolute atomic E-state index is 0.00463. The molecule has 1 nitrogen and oxygen atoms in total. The smallest absolute Gasteiger partial charge is 0.150 e. The molecule has 0 aliphatic heterocycles. The van der Waals surface area contributed by atoms with E-state index in [0.29, 0.717) is 6.29 Å². The number of carbonyl (C=O) groups excluding carboxylic acids is 1. The van der Waals surface area contributed by atoms with Crippen molar-refractivity contribution in [3.05, 3.63) is 22.3 Å². The van der Waals surface area contributed by atoms with Crippen LogP contribution in [0.1, 0.15) is 14.5 Å². The molecule has 0 atom stereocenters. The molecule has 0 aliphatic carbocycles. The molecule has 0 unspecified atom stereocenters. The minimum atomic E-state index is -0.134. The molecule has 0 N–H and O–H groups in total. The van der Waals surface area contributed by atoms with Gasteiger partial charge in [-0.1, -0.05) is 0 Å². The van der Waals surface area contributed by atoms with Crippen LogP contribution in [-0.4, -0.2) is 6.29 Å². The van der Waals surface area contributed by atoms with Crippen molar-refractivity contribution < 1.29 is 8.91 Å². The van der Waals surface area contributed by atoms with Gasteiger partial charge in [0.25, 0.3) is 0 Å². The highest BCUT2D eigenvalue weighted by atomic mass is 32.1. The molecule has 0 radical (unpaired) electrons. The topological polar surface area (TPSA) is 17.1 Å². The Bertz CT molecular complexity index is 268. The zero-order chi connectivity index (χ0) is 7.72. The summed E-state index contributed by atoms with van der Waals surface area (Å²) in [4.78, 5) is 10.1. The minimum Gasteiger partial charge on any atom is -0.298 e. The van der Waals surface area contributed by atoms with E-state index in [9.17, 15) is 4.79 Å². The summed E-state index contributed by atoms with van der Waals surface area (Å²) in [6.07, 6.45) is 0.444. The average molecular weight is 115 g/mol. The molecule has 0 aromatic carbocycles. The van der Waals surface area contributed by atoms with Gasteiger partial charge in [0, 0.05) is 10.9 Å². The first kappa shape index (κ1) is 2.09. The lowest BCUT2D eigenvalue weighted by atomic mass is 10.4. The molecule has 1 aromatic heterocycles. The third kappa shape index (κ3) is 0.871. The Morgan fingerprint density at radius 3 is 3.14 bits per heavy atom. The summed E-state index contributed by atoms with van der Waals surface area (Å²) in [7, 11) is 0. The first-order valence-electron chi connectivity index (χ1n) is 3.18. The lowest BCUT2D eigenvalue weighted by molar-refractivity contribution is 0.112. The van der Waals surface area contributed by atoms with Crippen molar-refractivity contribution in [3.63, 3.8) is 0 Å². The van der Waals surface area contributed by atoms with Crippen molar-refractivity contribution in [2.45, 2.75) is 0 Å². The number of hydrogen-bond donors (Lipinski definition) is 0. The molecule has 1 aromatic rings. The van der Waals surface area contributed by atoms with E-state index in [1.165, 1.54) is 0 Å². The molecular formula is C5H4OS. The summed E-state index contributed by atoms with van der Waals surface area (Å²) in [6, 6.07) is -0.134. The average Bonchev–Trinajstić information content (AvgIpc) is 2.09. The Kier molecular flexibility index (Phi) is 0.564. The van der Waals surface area contributed by atoms with Gasteiger partial charge in [-0.25, -0.2) is 0 Å². The number of hydrogen-bond acceptors (Lipinski definition) is 2. The number of thiophene rings is 1. The summed E-state index contributed by atoms with van der Waals surface area (Å²) >= 11 is 0.835. The molecule has 0 aliphatic rings. The molecule has 0 bridgehead atoms. The highest BCUT2D eigenvalue weighted by Crippen LogP contribution is 2.00. The SMILES string of the molecule is [2H]c1sc([2H])c(C=O)c1[2H]. The van der Waals surface area contributed by atoms with E-state index in [0.717, 1.165) is 11.3 Å². The lowest BCUT2D eigenvalue weighted by Gasteiger charge is -1.65. The zero-order valence-electron chi connectivity index (χ0n) is 6.39. The van der Waals surface area contributed by atoms with Crippen LogP contribution in [0.4, 0.5) is 0 Å². The van der Waals surface area contributed by atoms with Gasteiger partial charge in [-0.05, 0) is 11.4 Å². The third-order valence-corrected chi connectivity index (χ3v) is 1.04. The maximum absolute atomic E-state index is 10.1. The summed E-state index contributed by atoms with van der Waals surface area (Å²) in [5.41, 5.74) is 0.0231. The number of carbonyl (C=O) groups is 1. The molecule has 2 heteroatoms. The van der Waals surface area contributed by atoms with Crippen LogP contribution in [0.15, 0.2) is 16.8 Å². The highest BCUT2D eigenvalue weighted by molar-refractivity contribution is 7.08. The second-order valence-electron chi connectivity index (χ2n) is 0.963. The van der Waals surface area contributed by atoms with Crippen LogP contribution in [0, 0.1) is 0 Å². The van der Waals surface area contributed by atoms with Gasteiger partial charge < -0.3 is 0 Å². The maximum atomic E-state index is 10.1. The van der Waals surface area contributed by atoms with Gasteiger partial charge in [-0.3, -0.25) is 4.79 Å². The second-order valence-corrected chi connectivity index (χ2v) is 1.58. The second kappa shape index (κ2) is 1.89. The van der Waals surface area contributed by atoms with Crippen LogP contribution in [0.2, 0.25) is 0 Å². The van der Waals surface area contributed by atoms with Crippen molar-refractivity contribution in [1.29, 1.82) is 0 Å². The van der Waals surface area contributed by atoms with Crippen LogP contribution in [-0.2, 0) is 0 Å². The Balaban J connectivity index is 3.33. The molecule has 0 saturated heterocycles. The Morgan fingerprint density at radius 1 is 2.00 bits per heavy atom. The Morgan fingerprint density at radius 2 is 2.86 bits per heavy atom. The monoisotopic (exact) mass is 115 g/mol. The van der Waals surface area contributed by atoms with E-state index in [-0.39, 0.29) is 22.3 Å². The molecule has 0 fully saturated rings. The van der Waals surface area contributed by atoms with E-state index < -0.39 is 0 Å². The fourth-order valence-corrected chi connectivity index (χ4v) is 0.661. The van der Waals surface area contributed by atoms with Gasteiger partial charge in [0.1, 0.15) is 0 Å².